The largest absolute Gasteiger partial charge is 0.349 e. The lowest BCUT2D eigenvalue weighted by Gasteiger charge is -2.20. The van der Waals surface area contributed by atoms with Gasteiger partial charge >= 0.3 is 0 Å². The van der Waals surface area contributed by atoms with E-state index >= 15 is 0 Å². The fraction of sp³-hybridized carbons (Fsp3) is 0.870. The Labute approximate surface area is 180 Å². The van der Waals surface area contributed by atoms with Crippen LogP contribution in [-0.2, 0) is 4.79 Å². The third-order valence-electron chi connectivity index (χ3n) is 5.34. The molecule has 4 heteroatoms. The number of unbranched alkanes of at least 4 members (excludes halogenated alkanes) is 14. The van der Waals surface area contributed by atoms with Crippen molar-refractivity contribution in [3.63, 3.8) is 0 Å². The van der Waals surface area contributed by atoms with Crippen LogP contribution >= 0.6 is 17.0 Å². The summed E-state index contributed by atoms with van der Waals surface area (Å²) in [5.41, 5.74) is 6.13. The Morgan fingerprint density at radius 3 is 1.59 bits per heavy atom. The zero-order chi connectivity index (χ0) is 19.5. The third-order valence-corrected chi connectivity index (χ3v) is 5.34. The van der Waals surface area contributed by atoms with Gasteiger partial charge in [-0.3, -0.25) is 4.79 Å². The second kappa shape index (κ2) is 21.9. The van der Waals surface area contributed by atoms with Crippen LogP contribution < -0.4 is 11.1 Å². The third kappa shape index (κ3) is 20.2. The van der Waals surface area contributed by atoms with Crippen LogP contribution in [0.1, 0.15) is 117 Å². The summed E-state index contributed by atoms with van der Waals surface area (Å²) in [6.45, 7) is 7.71. The molecule has 0 aliphatic carbocycles. The van der Waals surface area contributed by atoms with Crippen molar-refractivity contribution in [1.29, 1.82) is 0 Å². The first-order valence-corrected chi connectivity index (χ1v) is 11.3. The average Bonchev–Trinajstić information content (AvgIpc) is 2.64. The molecule has 1 amide bonds. The maximum absolute atomic E-state index is 11.3. The number of halogens is 1. The molecule has 0 aromatic carbocycles. The van der Waals surface area contributed by atoms with Gasteiger partial charge in [-0.05, 0) is 19.4 Å². The van der Waals surface area contributed by atoms with E-state index in [-0.39, 0.29) is 35.0 Å². The monoisotopic (exact) mass is 446 g/mol. The molecule has 0 aliphatic heterocycles. The molecule has 0 saturated carbocycles. The SMILES string of the molecule is Br.C=CC(=O)NC(C)C(N)CCCCCCCCCCCCCCCCC. The minimum absolute atomic E-state index is 0. The summed E-state index contributed by atoms with van der Waals surface area (Å²) < 4.78 is 0. The molecule has 0 rings (SSSR count). The van der Waals surface area contributed by atoms with E-state index in [0.29, 0.717) is 0 Å². The molecule has 0 bridgehead atoms. The normalized spacial score (nSPS) is 12.9. The number of amides is 1. The zero-order valence-electron chi connectivity index (χ0n) is 18.1. The molecule has 3 nitrogen and oxygen atoms in total. The molecule has 0 heterocycles. The number of carbonyl (C=O) groups is 1. The predicted octanol–water partition coefficient (Wildman–Crippen LogP) is 6.84. The van der Waals surface area contributed by atoms with E-state index in [9.17, 15) is 4.79 Å². The summed E-state index contributed by atoms with van der Waals surface area (Å²) >= 11 is 0. The molecule has 2 atom stereocenters. The Morgan fingerprint density at radius 1 is 0.852 bits per heavy atom. The fourth-order valence-corrected chi connectivity index (χ4v) is 3.39. The van der Waals surface area contributed by atoms with Gasteiger partial charge in [-0.15, -0.1) is 17.0 Å². The second-order valence-corrected chi connectivity index (χ2v) is 7.90. The second-order valence-electron chi connectivity index (χ2n) is 7.90. The Kier molecular flexibility index (Phi) is 23.5. The van der Waals surface area contributed by atoms with Gasteiger partial charge < -0.3 is 11.1 Å². The first kappa shape index (κ1) is 28.9. The van der Waals surface area contributed by atoms with Gasteiger partial charge in [-0.1, -0.05) is 110 Å². The molecule has 2 unspecified atom stereocenters. The molecule has 0 aromatic rings. The highest BCUT2D eigenvalue weighted by Gasteiger charge is 2.13. The summed E-state index contributed by atoms with van der Waals surface area (Å²) in [6, 6.07) is 0.0630. The van der Waals surface area contributed by atoms with Gasteiger partial charge in [-0.25, -0.2) is 0 Å². The Hall–Kier alpha value is -0.350. The maximum atomic E-state index is 11.3. The number of rotatable bonds is 19. The van der Waals surface area contributed by atoms with Crippen LogP contribution in [-0.4, -0.2) is 18.0 Å². The number of hydrogen-bond donors (Lipinski definition) is 2. The van der Waals surface area contributed by atoms with Gasteiger partial charge in [0.2, 0.25) is 5.91 Å². The summed E-state index contributed by atoms with van der Waals surface area (Å²) in [5.74, 6) is -0.135. The van der Waals surface area contributed by atoms with Crippen molar-refractivity contribution >= 4 is 22.9 Å². The lowest BCUT2D eigenvalue weighted by atomic mass is 10.0. The lowest BCUT2D eigenvalue weighted by Crippen LogP contribution is -2.45. The summed E-state index contributed by atoms with van der Waals surface area (Å²) in [4.78, 5) is 11.3. The molecular formula is C23H47BrN2O. The highest BCUT2D eigenvalue weighted by Crippen LogP contribution is 2.14. The van der Waals surface area contributed by atoms with E-state index in [1.807, 2.05) is 6.92 Å². The Balaban J connectivity index is 0. The quantitative estimate of drug-likeness (QED) is 0.168. The Bertz CT molecular complexity index is 336. The van der Waals surface area contributed by atoms with Gasteiger partial charge in [0.25, 0.3) is 0 Å². The molecule has 27 heavy (non-hydrogen) atoms. The topological polar surface area (TPSA) is 55.1 Å². The van der Waals surface area contributed by atoms with Crippen molar-refractivity contribution in [1.82, 2.24) is 5.32 Å². The highest BCUT2D eigenvalue weighted by molar-refractivity contribution is 8.93. The molecule has 3 N–H and O–H groups in total. The van der Waals surface area contributed by atoms with Crippen molar-refractivity contribution in [3.8, 4) is 0 Å². The zero-order valence-corrected chi connectivity index (χ0v) is 19.9. The van der Waals surface area contributed by atoms with E-state index in [2.05, 4.69) is 18.8 Å². The number of nitrogens with one attached hydrogen (secondary N) is 1. The highest BCUT2D eigenvalue weighted by atomic mass is 79.9. The van der Waals surface area contributed by atoms with Crippen molar-refractivity contribution in [3.05, 3.63) is 12.7 Å². The van der Waals surface area contributed by atoms with E-state index in [4.69, 9.17) is 5.73 Å². The molecule has 0 spiro atoms. The summed E-state index contributed by atoms with van der Waals surface area (Å²) in [7, 11) is 0. The van der Waals surface area contributed by atoms with Crippen LogP contribution in [0.15, 0.2) is 12.7 Å². The minimum Gasteiger partial charge on any atom is -0.349 e. The van der Waals surface area contributed by atoms with Crippen LogP contribution in [0, 0.1) is 0 Å². The molecule has 0 fully saturated rings. The first-order valence-electron chi connectivity index (χ1n) is 11.3. The van der Waals surface area contributed by atoms with Gasteiger partial charge in [-0.2, -0.15) is 0 Å². The van der Waals surface area contributed by atoms with E-state index in [0.717, 1.165) is 12.8 Å². The van der Waals surface area contributed by atoms with Gasteiger partial charge in [0, 0.05) is 12.1 Å². The number of hydrogen-bond acceptors (Lipinski definition) is 2. The van der Waals surface area contributed by atoms with Crippen molar-refractivity contribution < 1.29 is 4.79 Å². The molecule has 0 aromatic heterocycles. The van der Waals surface area contributed by atoms with E-state index in [1.165, 1.54) is 96.0 Å². The molecule has 0 aliphatic rings. The standard InChI is InChI=1S/C23H46N2O.BrH/c1-4-6-7-8-9-10-11-12-13-14-15-16-17-18-19-20-22(24)21(3)25-23(26)5-2;/h5,21-22H,2,4,6-20,24H2,1,3H3,(H,25,26);1H. The van der Waals surface area contributed by atoms with Crippen LogP contribution in [0.3, 0.4) is 0 Å². The lowest BCUT2D eigenvalue weighted by molar-refractivity contribution is -0.117. The van der Waals surface area contributed by atoms with Crippen LogP contribution in [0.4, 0.5) is 0 Å². The maximum Gasteiger partial charge on any atom is 0.243 e. The van der Waals surface area contributed by atoms with Crippen molar-refractivity contribution in [2.45, 2.75) is 129 Å². The van der Waals surface area contributed by atoms with Crippen molar-refractivity contribution in [2.75, 3.05) is 0 Å². The van der Waals surface area contributed by atoms with Crippen LogP contribution in [0.25, 0.3) is 0 Å². The summed E-state index contributed by atoms with van der Waals surface area (Å²) in [5, 5.41) is 2.85. The van der Waals surface area contributed by atoms with E-state index < -0.39 is 0 Å². The average molecular weight is 448 g/mol. The minimum atomic E-state index is -0.135. The molecule has 0 radical (unpaired) electrons. The Morgan fingerprint density at radius 2 is 1.22 bits per heavy atom. The number of nitrogens with two attached hydrogens (primary N) is 1. The van der Waals surface area contributed by atoms with Gasteiger partial charge in [0.05, 0.1) is 0 Å². The number of carbonyl (C=O) groups excluding carboxylic acids is 1. The van der Waals surface area contributed by atoms with Gasteiger partial charge in [0.15, 0.2) is 0 Å². The van der Waals surface area contributed by atoms with Crippen LogP contribution in [0.2, 0.25) is 0 Å². The van der Waals surface area contributed by atoms with Gasteiger partial charge in [0.1, 0.15) is 0 Å². The van der Waals surface area contributed by atoms with Crippen LogP contribution in [0.5, 0.6) is 0 Å². The molecule has 162 valence electrons. The van der Waals surface area contributed by atoms with E-state index in [1.54, 1.807) is 0 Å². The molecular weight excluding hydrogens is 400 g/mol. The summed E-state index contributed by atoms with van der Waals surface area (Å²) in [6.07, 6.45) is 23.0. The fourth-order valence-electron chi connectivity index (χ4n) is 3.39. The predicted molar refractivity (Wildman–Crippen MR) is 126 cm³/mol. The first-order chi connectivity index (χ1) is 12.6. The molecule has 0 saturated heterocycles. The smallest absolute Gasteiger partial charge is 0.243 e. The van der Waals surface area contributed by atoms with Crippen molar-refractivity contribution in [2.24, 2.45) is 5.73 Å².